The molecule has 0 bridgehead atoms. The number of hydrogen-bond donors (Lipinski definition) is 0. The van der Waals surface area contributed by atoms with Gasteiger partial charge in [-0.25, -0.2) is 0 Å². The summed E-state index contributed by atoms with van der Waals surface area (Å²) >= 11 is 7.67. The lowest BCUT2D eigenvalue weighted by molar-refractivity contribution is 1.06. The first kappa shape index (κ1) is 9.75. The second-order valence-electron chi connectivity index (χ2n) is 3.40. The molecule has 0 saturated carbocycles. The average molecular weight is 247 g/mol. The molecule has 0 atom stereocenters. The van der Waals surface area contributed by atoms with Crippen molar-refractivity contribution in [2.45, 2.75) is 0 Å². The van der Waals surface area contributed by atoms with Crippen molar-refractivity contribution in [1.29, 1.82) is 0 Å². The van der Waals surface area contributed by atoms with Gasteiger partial charge >= 0.3 is 0 Å². The molecule has 0 aliphatic heterocycles. The topological polar surface area (TPSA) is 25.8 Å². The van der Waals surface area contributed by atoms with Crippen molar-refractivity contribution in [3.63, 3.8) is 0 Å². The standard InChI is InChI=1S/C12H7ClN2S/c13-12-10-4-2-1-3-9(10)11(14-15-12)8-5-6-16-7-8/h1-7H. The van der Waals surface area contributed by atoms with E-state index < -0.39 is 0 Å². The van der Waals surface area contributed by atoms with Crippen LogP contribution in [0.25, 0.3) is 22.0 Å². The molecule has 0 aliphatic rings. The summed E-state index contributed by atoms with van der Waals surface area (Å²) in [6, 6.07) is 9.95. The number of rotatable bonds is 1. The summed E-state index contributed by atoms with van der Waals surface area (Å²) < 4.78 is 0. The van der Waals surface area contributed by atoms with Gasteiger partial charge in [0.15, 0.2) is 5.15 Å². The van der Waals surface area contributed by atoms with Crippen LogP contribution in [0, 0.1) is 0 Å². The molecule has 0 unspecified atom stereocenters. The molecule has 1 aromatic carbocycles. The van der Waals surface area contributed by atoms with Crippen LogP contribution in [0.4, 0.5) is 0 Å². The molecule has 2 aromatic heterocycles. The molecule has 16 heavy (non-hydrogen) atoms. The third-order valence-electron chi connectivity index (χ3n) is 2.44. The van der Waals surface area contributed by atoms with Crippen LogP contribution in [-0.2, 0) is 0 Å². The summed E-state index contributed by atoms with van der Waals surface area (Å²) in [5.41, 5.74) is 1.98. The Morgan fingerprint density at radius 2 is 1.81 bits per heavy atom. The van der Waals surface area contributed by atoms with Gasteiger partial charge in [0.2, 0.25) is 0 Å². The molecule has 0 aliphatic carbocycles. The Morgan fingerprint density at radius 1 is 1.00 bits per heavy atom. The lowest BCUT2D eigenvalue weighted by atomic mass is 10.1. The Kier molecular flexibility index (Phi) is 2.35. The maximum Gasteiger partial charge on any atom is 0.159 e. The molecule has 2 heterocycles. The molecule has 3 aromatic rings. The number of halogens is 1. The van der Waals surface area contributed by atoms with Crippen LogP contribution in [0.2, 0.25) is 5.15 Å². The van der Waals surface area contributed by atoms with Gasteiger partial charge in [-0.15, -0.1) is 10.2 Å². The minimum Gasteiger partial charge on any atom is -0.152 e. The molecule has 3 rings (SSSR count). The van der Waals surface area contributed by atoms with Gasteiger partial charge in [0, 0.05) is 21.7 Å². The molecule has 2 nitrogen and oxygen atoms in total. The van der Waals surface area contributed by atoms with E-state index in [9.17, 15) is 0 Å². The number of nitrogens with zero attached hydrogens (tertiary/aromatic N) is 2. The van der Waals surface area contributed by atoms with Gasteiger partial charge in [-0.3, -0.25) is 0 Å². The van der Waals surface area contributed by atoms with Crippen molar-refractivity contribution in [3.8, 4) is 11.3 Å². The average Bonchev–Trinajstić information content (AvgIpc) is 2.83. The first-order chi connectivity index (χ1) is 7.86. The van der Waals surface area contributed by atoms with Crippen molar-refractivity contribution in [3.05, 3.63) is 46.2 Å². The molecule has 0 amide bonds. The fraction of sp³-hybridized carbons (Fsp3) is 0. The van der Waals surface area contributed by atoms with Crippen LogP contribution in [0.1, 0.15) is 0 Å². The van der Waals surface area contributed by atoms with Crippen LogP contribution in [0.15, 0.2) is 41.1 Å². The molecule has 0 radical (unpaired) electrons. The van der Waals surface area contributed by atoms with Crippen LogP contribution < -0.4 is 0 Å². The maximum absolute atomic E-state index is 6.02. The van der Waals surface area contributed by atoms with Gasteiger partial charge in [-0.1, -0.05) is 35.9 Å². The molecule has 4 heteroatoms. The third kappa shape index (κ3) is 1.49. The highest BCUT2D eigenvalue weighted by Crippen LogP contribution is 2.30. The molecular weight excluding hydrogens is 240 g/mol. The van der Waals surface area contributed by atoms with E-state index in [1.165, 1.54) is 0 Å². The first-order valence-corrected chi connectivity index (χ1v) is 6.12. The second kappa shape index (κ2) is 3.85. The van der Waals surface area contributed by atoms with Gasteiger partial charge in [0.1, 0.15) is 5.69 Å². The van der Waals surface area contributed by atoms with E-state index in [2.05, 4.69) is 15.6 Å². The molecule has 0 fully saturated rings. The van der Waals surface area contributed by atoms with Crippen molar-refractivity contribution >= 4 is 33.7 Å². The van der Waals surface area contributed by atoms with Gasteiger partial charge in [-0.2, -0.15) is 11.3 Å². The Hall–Kier alpha value is -1.45. The Bertz CT molecular complexity index is 635. The monoisotopic (exact) mass is 246 g/mol. The molecular formula is C12H7ClN2S. The predicted octanol–water partition coefficient (Wildman–Crippen LogP) is 4.01. The van der Waals surface area contributed by atoms with Crippen LogP contribution >= 0.6 is 22.9 Å². The van der Waals surface area contributed by atoms with E-state index in [-0.39, 0.29) is 0 Å². The van der Waals surface area contributed by atoms with Crippen LogP contribution in [-0.4, -0.2) is 10.2 Å². The molecule has 0 N–H and O–H groups in total. The highest BCUT2D eigenvalue weighted by molar-refractivity contribution is 7.08. The maximum atomic E-state index is 6.02. The summed E-state index contributed by atoms with van der Waals surface area (Å²) in [4.78, 5) is 0. The Labute approximate surface area is 102 Å². The summed E-state index contributed by atoms with van der Waals surface area (Å²) in [5.74, 6) is 0. The Morgan fingerprint density at radius 3 is 2.56 bits per heavy atom. The van der Waals surface area contributed by atoms with Crippen molar-refractivity contribution in [2.75, 3.05) is 0 Å². The van der Waals surface area contributed by atoms with E-state index in [0.29, 0.717) is 5.15 Å². The number of fused-ring (bicyclic) bond motifs is 1. The zero-order chi connectivity index (χ0) is 11.0. The van der Waals surface area contributed by atoms with E-state index in [4.69, 9.17) is 11.6 Å². The molecule has 78 valence electrons. The lowest BCUT2D eigenvalue weighted by Gasteiger charge is -2.03. The van der Waals surface area contributed by atoms with Gasteiger partial charge in [-0.05, 0) is 11.4 Å². The number of hydrogen-bond acceptors (Lipinski definition) is 3. The van der Waals surface area contributed by atoms with Gasteiger partial charge in [0.05, 0.1) is 0 Å². The number of thiophene rings is 1. The lowest BCUT2D eigenvalue weighted by Crippen LogP contribution is -1.89. The van der Waals surface area contributed by atoms with Crippen LogP contribution in [0.3, 0.4) is 0 Å². The minimum absolute atomic E-state index is 0.453. The quantitative estimate of drug-likeness (QED) is 0.648. The zero-order valence-electron chi connectivity index (χ0n) is 8.22. The largest absolute Gasteiger partial charge is 0.159 e. The zero-order valence-corrected chi connectivity index (χ0v) is 9.79. The SMILES string of the molecule is Clc1nnc(-c2ccsc2)c2ccccc12. The van der Waals surface area contributed by atoms with E-state index in [1.54, 1.807) is 11.3 Å². The molecule has 0 saturated heterocycles. The summed E-state index contributed by atoms with van der Waals surface area (Å²) in [5, 5.41) is 14.7. The first-order valence-electron chi connectivity index (χ1n) is 4.80. The van der Waals surface area contributed by atoms with E-state index >= 15 is 0 Å². The number of aromatic nitrogens is 2. The smallest absolute Gasteiger partial charge is 0.152 e. The van der Waals surface area contributed by atoms with Gasteiger partial charge < -0.3 is 0 Å². The van der Waals surface area contributed by atoms with Crippen LogP contribution in [0.5, 0.6) is 0 Å². The van der Waals surface area contributed by atoms with Crippen molar-refractivity contribution in [1.82, 2.24) is 10.2 Å². The summed E-state index contributed by atoms with van der Waals surface area (Å²) in [7, 11) is 0. The fourth-order valence-electron chi connectivity index (χ4n) is 1.68. The highest BCUT2D eigenvalue weighted by atomic mass is 35.5. The third-order valence-corrected chi connectivity index (χ3v) is 3.40. The van der Waals surface area contributed by atoms with Crippen molar-refractivity contribution in [2.24, 2.45) is 0 Å². The summed E-state index contributed by atoms with van der Waals surface area (Å²) in [6.07, 6.45) is 0. The fourth-order valence-corrected chi connectivity index (χ4v) is 2.53. The normalized spacial score (nSPS) is 10.8. The second-order valence-corrected chi connectivity index (χ2v) is 4.54. The number of benzene rings is 1. The highest BCUT2D eigenvalue weighted by Gasteiger charge is 2.09. The Balaban J connectivity index is 2.39. The van der Waals surface area contributed by atoms with E-state index in [0.717, 1.165) is 22.0 Å². The predicted molar refractivity (Wildman–Crippen MR) is 67.9 cm³/mol. The minimum atomic E-state index is 0.453. The summed E-state index contributed by atoms with van der Waals surface area (Å²) in [6.45, 7) is 0. The van der Waals surface area contributed by atoms with E-state index in [1.807, 2.05) is 35.7 Å². The van der Waals surface area contributed by atoms with Crippen molar-refractivity contribution < 1.29 is 0 Å². The van der Waals surface area contributed by atoms with Gasteiger partial charge in [0.25, 0.3) is 0 Å². The molecule has 0 spiro atoms.